The van der Waals surface area contributed by atoms with Crippen molar-refractivity contribution >= 4 is 16.0 Å². The number of carboxylic acid groups (broad SMARTS) is 1. The van der Waals surface area contributed by atoms with Gasteiger partial charge in [-0.2, -0.15) is 4.31 Å². The Labute approximate surface area is 187 Å². The predicted molar refractivity (Wildman–Crippen MR) is 119 cm³/mol. The van der Waals surface area contributed by atoms with Crippen molar-refractivity contribution in [2.24, 2.45) is 0 Å². The molecule has 2 aromatic rings. The number of rotatable bonds is 9. The lowest BCUT2D eigenvalue weighted by Gasteiger charge is -2.22. The van der Waals surface area contributed by atoms with Crippen molar-refractivity contribution in [2.45, 2.75) is 63.8 Å². The van der Waals surface area contributed by atoms with Crippen LogP contribution in [0.15, 0.2) is 27.9 Å². The fraction of sp³-hybridized carbons (Fsp3) is 0.500. The van der Waals surface area contributed by atoms with Crippen LogP contribution in [0.3, 0.4) is 0 Å². The number of aromatic amines is 1. The van der Waals surface area contributed by atoms with E-state index in [2.05, 4.69) is 9.97 Å². The third kappa shape index (κ3) is 4.56. The number of carboxylic acids is 1. The summed E-state index contributed by atoms with van der Waals surface area (Å²) in [5, 5.41) is 9.43. The van der Waals surface area contributed by atoms with Gasteiger partial charge in [-0.25, -0.2) is 13.4 Å². The summed E-state index contributed by atoms with van der Waals surface area (Å²) >= 11 is 0. The normalized spacial score (nSPS) is 16.9. The van der Waals surface area contributed by atoms with Gasteiger partial charge < -0.3 is 14.8 Å². The van der Waals surface area contributed by atoms with E-state index in [1.165, 1.54) is 18.2 Å². The third-order valence-electron chi connectivity index (χ3n) is 5.55. The van der Waals surface area contributed by atoms with Gasteiger partial charge in [0.2, 0.25) is 10.0 Å². The van der Waals surface area contributed by atoms with Crippen LogP contribution in [0, 0.1) is 0 Å². The van der Waals surface area contributed by atoms with Gasteiger partial charge in [0.05, 0.1) is 22.8 Å². The van der Waals surface area contributed by atoms with E-state index in [9.17, 15) is 23.1 Å². The number of hydrogen-bond acceptors (Lipinski definition) is 6. The van der Waals surface area contributed by atoms with Crippen LogP contribution >= 0.6 is 0 Å². The van der Waals surface area contributed by atoms with Crippen LogP contribution in [0.2, 0.25) is 0 Å². The monoisotopic (exact) mass is 463 g/mol. The molecule has 0 radical (unpaired) electrons. The number of aliphatic carboxylic acids is 1. The van der Waals surface area contributed by atoms with Crippen molar-refractivity contribution in [2.75, 3.05) is 13.2 Å². The highest BCUT2D eigenvalue weighted by molar-refractivity contribution is 7.89. The minimum atomic E-state index is -4.06. The number of sulfonamides is 1. The number of nitrogens with one attached hydrogen (secondary N) is 1. The summed E-state index contributed by atoms with van der Waals surface area (Å²) in [7, 11) is -4.06. The maximum Gasteiger partial charge on any atom is 0.322 e. The van der Waals surface area contributed by atoms with Crippen molar-refractivity contribution in [3.05, 3.63) is 39.8 Å². The Kier molecular flexibility index (Phi) is 7.35. The predicted octanol–water partition coefficient (Wildman–Crippen LogP) is 2.59. The fourth-order valence-electron chi connectivity index (χ4n) is 3.93. The summed E-state index contributed by atoms with van der Waals surface area (Å²) in [4.78, 5) is 31.5. The maximum absolute atomic E-state index is 13.3. The Morgan fingerprint density at radius 2 is 2.03 bits per heavy atom. The summed E-state index contributed by atoms with van der Waals surface area (Å²) in [5.41, 5.74) is 1.32. The fourth-order valence-corrected chi connectivity index (χ4v) is 5.61. The molecule has 0 amide bonds. The zero-order chi connectivity index (χ0) is 23.5. The molecule has 1 aliphatic heterocycles. The van der Waals surface area contributed by atoms with Gasteiger partial charge in [0.25, 0.3) is 5.56 Å². The highest BCUT2D eigenvalue weighted by Crippen LogP contribution is 2.33. The number of nitrogens with zero attached hydrogens (tertiary/aromatic N) is 2. The zero-order valence-electron chi connectivity index (χ0n) is 18.6. The molecule has 10 heteroatoms. The first-order valence-corrected chi connectivity index (χ1v) is 12.3. The molecule has 1 aliphatic rings. The van der Waals surface area contributed by atoms with E-state index in [-0.39, 0.29) is 29.2 Å². The second-order valence-corrected chi connectivity index (χ2v) is 9.56. The first kappa shape index (κ1) is 23.9. The van der Waals surface area contributed by atoms with Crippen molar-refractivity contribution in [1.29, 1.82) is 0 Å². The van der Waals surface area contributed by atoms with E-state index in [4.69, 9.17) is 4.74 Å². The lowest BCUT2D eigenvalue weighted by atomic mass is 10.1. The smallest absolute Gasteiger partial charge is 0.322 e. The number of H-pyrrole nitrogens is 1. The highest BCUT2D eigenvalue weighted by Gasteiger charge is 2.39. The van der Waals surface area contributed by atoms with Gasteiger partial charge in [-0.15, -0.1) is 0 Å². The molecule has 0 bridgehead atoms. The number of benzene rings is 1. The summed E-state index contributed by atoms with van der Waals surface area (Å²) < 4.78 is 33.4. The average molecular weight is 464 g/mol. The largest absolute Gasteiger partial charge is 0.493 e. The molecule has 2 N–H and O–H groups in total. The number of aromatic nitrogens is 2. The van der Waals surface area contributed by atoms with Gasteiger partial charge in [-0.1, -0.05) is 20.8 Å². The Balaban J connectivity index is 2.16. The molecule has 9 nitrogen and oxygen atoms in total. The second-order valence-electron chi connectivity index (χ2n) is 7.67. The number of ether oxygens (including phenoxy) is 1. The van der Waals surface area contributed by atoms with Gasteiger partial charge in [0, 0.05) is 12.1 Å². The average Bonchev–Trinajstić information content (AvgIpc) is 3.28. The van der Waals surface area contributed by atoms with Crippen molar-refractivity contribution < 1.29 is 23.1 Å². The van der Waals surface area contributed by atoms with E-state index in [1.807, 2.05) is 20.8 Å². The number of aryl methyl sites for hydroxylation is 1. The van der Waals surface area contributed by atoms with E-state index in [1.54, 1.807) is 0 Å². The summed E-state index contributed by atoms with van der Waals surface area (Å²) in [5.74, 6) is -0.539. The van der Waals surface area contributed by atoms with Gasteiger partial charge in [0.1, 0.15) is 17.6 Å². The standard InChI is InChI=1S/C22H29N3O6S/c1-4-12-31-19-10-9-14(32(29,30)25-11-7-8-18(25)22(27)28)13-16(19)20-23-17(6-3)15(5-2)21(26)24-20/h9-10,13,18H,4-8,11-12H2,1-3H3,(H,27,28)(H,23,24,26). The Bertz CT molecular complexity index is 1160. The van der Waals surface area contributed by atoms with E-state index >= 15 is 0 Å². The summed E-state index contributed by atoms with van der Waals surface area (Å²) in [6.45, 7) is 6.28. The molecule has 1 atom stereocenters. The number of carbonyl (C=O) groups is 1. The van der Waals surface area contributed by atoms with Gasteiger partial charge in [-0.3, -0.25) is 9.59 Å². The van der Waals surface area contributed by atoms with Crippen LogP contribution in [-0.2, 0) is 27.7 Å². The molecule has 0 saturated carbocycles. The molecule has 2 heterocycles. The van der Waals surface area contributed by atoms with Gasteiger partial charge >= 0.3 is 5.97 Å². The van der Waals surface area contributed by atoms with Crippen LogP contribution < -0.4 is 10.3 Å². The topological polar surface area (TPSA) is 130 Å². The van der Waals surface area contributed by atoms with Crippen molar-refractivity contribution in [3.63, 3.8) is 0 Å². The number of hydrogen-bond donors (Lipinski definition) is 2. The Hall–Kier alpha value is -2.72. The van der Waals surface area contributed by atoms with Gasteiger partial charge in [-0.05, 0) is 50.3 Å². The summed E-state index contributed by atoms with van der Waals surface area (Å²) in [6.07, 6.45) is 2.58. The van der Waals surface area contributed by atoms with Crippen LogP contribution in [-0.4, -0.2) is 53.0 Å². The van der Waals surface area contributed by atoms with Crippen molar-refractivity contribution in [1.82, 2.24) is 14.3 Å². The van der Waals surface area contributed by atoms with Crippen LogP contribution in [0.25, 0.3) is 11.4 Å². The first-order valence-electron chi connectivity index (χ1n) is 10.9. The maximum atomic E-state index is 13.3. The summed E-state index contributed by atoms with van der Waals surface area (Å²) in [6, 6.07) is 3.25. The van der Waals surface area contributed by atoms with Crippen LogP contribution in [0.5, 0.6) is 5.75 Å². The SMILES string of the molecule is CCCOc1ccc(S(=O)(=O)N2CCCC2C(=O)O)cc1-c1nc(CC)c(CC)c(=O)[nH]1. The quantitative estimate of drug-likeness (QED) is 0.584. The third-order valence-corrected chi connectivity index (χ3v) is 7.46. The molecule has 32 heavy (non-hydrogen) atoms. The molecule has 1 unspecified atom stereocenters. The van der Waals surface area contributed by atoms with Crippen LogP contribution in [0.4, 0.5) is 0 Å². The molecule has 174 valence electrons. The Morgan fingerprint density at radius 1 is 1.28 bits per heavy atom. The first-order chi connectivity index (χ1) is 15.2. The molecule has 1 saturated heterocycles. The van der Waals surface area contributed by atoms with E-state index < -0.39 is 22.0 Å². The Morgan fingerprint density at radius 3 is 2.66 bits per heavy atom. The van der Waals surface area contributed by atoms with Gasteiger partial charge in [0.15, 0.2) is 0 Å². The molecule has 3 rings (SSSR count). The van der Waals surface area contributed by atoms with Crippen LogP contribution in [0.1, 0.15) is 51.3 Å². The lowest BCUT2D eigenvalue weighted by Crippen LogP contribution is -2.40. The minimum Gasteiger partial charge on any atom is -0.493 e. The molecule has 0 aliphatic carbocycles. The lowest BCUT2D eigenvalue weighted by molar-refractivity contribution is -0.140. The van der Waals surface area contributed by atoms with Crippen molar-refractivity contribution in [3.8, 4) is 17.1 Å². The molecule has 1 aromatic heterocycles. The zero-order valence-corrected chi connectivity index (χ0v) is 19.4. The molecule has 1 aromatic carbocycles. The highest BCUT2D eigenvalue weighted by atomic mass is 32.2. The molecular formula is C22H29N3O6S. The molecule has 1 fully saturated rings. The van der Waals surface area contributed by atoms with E-state index in [0.717, 1.165) is 10.7 Å². The van der Waals surface area contributed by atoms with E-state index in [0.29, 0.717) is 48.4 Å². The second kappa shape index (κ2) is 9.83. The molecule has 0 spiro atoms. The minimum absolute atomic E-state index is 0.0650. The molecular weight excluding hydrogens is 434 g/mol.